The molecular weight excluding hydrogens is 533 g/mol. The average Bonchev–Trinajstić information content (AvgIpc) is 2.94. The predicted molar refractivity (Wildman–Crippen MR) is 148 cm³/mol. The van der Waals surface area contributed by atoms with Gasteiger partial charge in [0.1, 0.15) is 22.6 Å². The number of benzene rings is 2. The zero-order valence-corrected chi connectivity index (χ0v) is 23.4. The number of ether oxygens (including phenoxy) is 1. The van der Waals surface area contributed by atoms with E-state index in [1.165, 1.54) is 22.5 Å². The molecule has 0 bridgehead atoms. The van der Waals surface area contributed by atoms with E-state index in [2.05, 4.69) is 16.8 Å². The average molecular weight is 566 g/mol. The van der Waals surface area contributed by atoms with E-state index >= 15 is 0 Å². The number of aliphatic hydroxyl groups excluding tert-OH is 1. The van der Waals surface area contributed by atoms with E-state index in [0.29, 0.717) is 5.56 Å². The molecule has 1 aromatic heterocycles. The molecule has 0 aliphatic carbocycles. The summed E-state index contributed by atoms with van der Waals surface area (Å²) in [6.45, 7) is 3.42. The molecule has 2 aromatic carbocycles. The minimum Gasteiger partial charge on any atom is -0.487 e. The Morgan fingerprint density at radius 2 is 2.00 bits per heavy atom. The van der Waals surface area contributed by atoms with E-state index in [4.69, 9.17) is 4.74 Å². The van der Waals surface area contributed by atoms with Crippen LogP contribution in [0.2, 0.25) is 0 Å². The van der Waals surface area contributed by atoms with Crippen molar-refractivity contribution in [3.05, 3.63) is 89.5 Å². The number of likely N-dealkylation sites (N-methyl/N-ethyl adjacent to an activating group) is 1. The Bertz CT molecular complexity index is 1520. The lowest BCUT2D eigenvalue weighted by atomic mass is 10.0. The van der Waals surface area contributed by atoms with Gasteiger partial charge < -0.3 is 14.7 Å². The number of pyridine rings is 1. The van der Waals surface area contributed by atoms with Crippen molar-refractivity contribution in [3.8, 4) is 17.6 Å². The number of amides is 1. The molecule has 3 atom stereocenters. The Morgan fingerprint density at radius 1 is 1.23 bits per heavy atom. The van der Waals surface area contributed by atoms with E-state index in [0.717, 1.165) is 5.56 Å². The number of aliphatic hydroxyl groups is 1. The first-order valence-electron chi connectivity index (χ1n) is 12.9. The fraction of sp³-hybridized carbons (Fsp3) is 0.333. The zero-order chi connectivity index (χ0) is 28.9. The molecule has 1 aliphatic heterocycles. The van der Waals surface area contributed by atoms with Crippen LogP contribution in [0.5, 0.6) is 5.75 Å². The molecule has 4 rings (SSSR count). The first-order valence-corrected chi connectivity index (χ1v) is 14.4. The third-order valence-corrected chi connectivity index (χ3v) is 8.86. The number of nitrogens with zero attached hydrogens (tertiary/aromatic N) is 3. The Hall–Kier alpha value is -3.78. The quantitative estimate of drug-likeness (QED) is 0.461. The van der Waals surface area contributed by atoms with E-state index < -0.39 is 28.0 Å². The van der Waals surface area contributed by atoms with Crippen LogP contribution in [0.1, 0.15) is 30.5 Å². The molecule has 0 saturated heterocycles. The number of halogens is 1. The topological polar surface area (TPSA) is 100 Å². The largest absolute Gasteiger partial charge is 0.487 e. The fourth-order valence-electron chi connectivity index (χ4n) is 4.41. The van der Waals surface area contributed by atoms with Crippen molar-refractivity contribution in [2.24, 2.45) is 5.92 Å². The summed E-state index contributed by atoms with van der Waals surface area (Å²) in [7, 11) is -2.36. The molecule has 2 heterocycles. The number of rotatable bonds is 6. The summed E-state index contributed by atoms with van der Waals surface area (Å²) in [5.41, 5.74) is 1.43. The van der Waals surface area contributed by atoms with Gasteiger partial charge in [-0.05, 0) is 48.9 Å². The van der Waals surface area contributed by atoms with Crippen molar-refractivity contribution in [2.75, 3.05) is 26.7 Å². The summed E-state index contributed by atoms with van der Waals surface area (Å²) in [5, 5.41) is 9.84. The number of fused-ring (bicyclic) bond motifs is 1. The lowest BCUT2D eigenvalue weighted by Gasteiger charge is -2.37. The van der Waals surface area contributed by atoms with Crippen molar-refractivity contribution in [1.82, 2.24) is 14.2 Å². The Labute approximate surface area is 234 Å². The molecule has 0 fully saturated rings. The second kappa shape index (κ2) is 12.6. The minimum absolute atomic E-state index is 0.0644. The van der Waals surface area contributed by atoms with E-state index in [1.54, 1.807) is 61.6 Å². The number of carbonyl (C=O) groups excluding carboxylic acids is 1. The van der Waals surface area contributed by atoms with Gasteiger partial charge in [-0.3, -0.25) is 9.78 Å². The zero-order valence-electron chi connectivity index (χ0n) is 22.6. The summed E-state index contributed by atoms with van der Waals surface area (Å²) in [5.74, 6) is 4.82. The maximum atomic E-state index is 14.1. The number of aromatic nitrogens is 1. The van der Waals surface area contributed by atoms with Gasteiger partial charge in [0.15, 0.2) is 0 Å². The molecule has 40 heavy (non-hydrogen) atoms. The molecule has 8 nitrogen and oxygen atoms in total. The molecule has 1 amide bonds. The molecule has 0 radical (unpaired) electrons. The Morgan fingerprint density at radius 3 is 2.70 bits per heavy atom. The van der Waals surface area contributed by atoms with Crippen LogP contribution in [0.3, 0.4) is 0 Å². The predicted octanol–water partition coefficient (Wildman–Crippen LogP) is 3.09. The van der Waals surface area contributed by atoms with Crippen molar-refractivity contribution in [1.29, 1.82) is 0 Å². The molecule has 210 valence electrons. The van der Waals surface area contributed by atoms with Crippen LogP contribution in [0.4, 0.5) is 4.39 Å². The summed E-state index contributed by atoms with van der Waals surface area (Å²) < 4.78 is 49.0. The molecule has 3 aromatic rings. The summed E-state index contributed by atoms with van der Waals surface area (Å²) in [6.07, 6.45) is 2.88. The maximum Gasteiger partial charge on any atom is 0.247 e. The summed E-state index contributed by atoms with van der Waals surface area (Å²) in [6, 6.07) is 13.5. The van der Waals surface area contributed by atoms with Crippen LogP contribution in [-0.2, 0) is 21.2 Å². The van der Waals surface area contributed by atoms with Gasteiger partial charge in [-0.1, -0.05) is 37.0 Å². The van der Waals surface area contributed by atoms with Crippen LogP contribution >= 0.6 is 0 Å². The molecule has 0 saturated carbocycles. The highest BCUT2D eigenvalue weighted by Gasteiger charge is 2.38. The minimum atomic E-state index is -4.03. The lowest BCUT2D eigenvalue weighted by Crippen LogP contribution is -2.50. The molecule has 0 spiro atoms. The van der Waals surface area contributed by atoms with Crippen LogP contribution < -0.4 is 4.74 Å². The number of hydrogen-bond donors (Lipinski definition) is 1. The lowest BCUT2D eigenvalue weighted by molar-refractivity contribution is -0.130. The van der Waals surface area contributed by atoms with Crippen molar-refractivity contribution in [3.63, 3.8) is 0 Å². The third kappa shape index (κ3) is 6.67. The third-order valence-electron chi connectivity index (χ3n) is 6.84. The molecular formula is C30H32FN3O5S. The van der Waals surface area contributed by atoms with Gasteiger partial charge in [-0.15, -0.1) is 0 Å². The highest BCUT2D eigenvalue weighted by molar-refractivity contribution is 7.89. The second-order valence-corrected chi connectivity index (χ2v) is 11.8. The van der Waals surface area contributed by atoms with E-state index in [9.17, 15) is 22.7 Å². The van der Waals surface area contributed by atoms with Gasteiger partial charge in [0, 0.05) is 43.5 Å². The summed E-state index contributed by atoms with van der Waals surface area (Å²) >= 11 is 0. The SMILES string of the molecule is C[C@@H]1CN([C@@H](C)CO)S(=O)(=O)c2ccc(C#Cc3ccccc3F)cc2O[C@H]1CN(C)C(=O)Cc1cccnc1. The van der Waals surface area contributed by atoms with Crippen molar-refractivity contribution in [2.45, 2.75) is 37.3 Å². The monoisotopic (exact) mass is 565 g/mol. The first-order chi connectivity index (χ1) is 19.1. The molecule has 10 heteroatoms. The first kappa shape index (κ1) is 29.2. The molecule has 1 N–H and O–H groups in total. The number of carbonyl (C=O) groups is 1. The van der Waals surface area contributed by atoms with Crippen LogP contribution in [0, 0.1) is 23.6 Å². The molecule has 0 unspecified atom stereocenters. The van der Waals surface area contributed by atoms with Gasteiger partial charge >= 0.3 is 0 Å². The molecule has 1 aliphatic rings. The fourth-order valence-corrected chi connectivity index (χ4v) is 6.23. The highest BCUT2D eigenvalue weighted by Crippen LogP contribution is 2.34. The van der Waals surface area contributed by atoms with Crippen molar-refractivity contribution >= 4 is 15.9 Å². The van der Waals surface area contributed by atoms with Gasteiger partial charge in [-0.25, -0.2) is 12.8 Å². The van der Waals surface area contributed by atoms with E-state index in [1.807, 2.05) is 13.0 Å². The van der Waals surface area contributed by atoms with Crippen LogP contribution in [-0.4, -0.2) is 72.5 Å². The van der Waals surface area contributed by atoms with Crippen LogP contribution in [0.15, 0.2) is 71.9 Å². The normalized spacial score (nSPS) is 19.1. The van der Waals surface area contributed by atoms with E-state index in [-0.39, 0.29) is 54.2 Å². The Balaban J connectivity index is 1.68. The maximum absolute atomic E-state index is 14.1. The summed E-state index contributed by atoms with van der Waals surface area (Å²) in [4.78, 5) is 18.5. The highest BCUT2D eigenvalue weighted by atomic mass is 32.2. The van der Waals surface area contributed by atoms with Crippen LogP contribution in [0.25, 0.3) is 0 Å². The van der Waals surface area contributed by atoms with Gasteiger partial charge in [-0.2, -0.15) is 4.31 Å². The number of hydrogen-bond acceptors (Lipinski definition) is 6. The number of sulfonamides is 1. The smallest absolute Gasteiger partial charge is 0.247 e. The Kier molecular flexibility index (Phi) is 9.20. The van der Waals surface area contributed by atoms with Crippen molar-refractivity contribution < 1.29 is 27.4 Å². The van der Waals surface area contributed by atoms with Gasteiger partial charge in [0.25, 0.3) is 0 Å². The van der Waals surface area contributed by atoms with Gasteiger partial charge in [0.05, 0.1) is 25.1 Å². The second-order valence-electron chi connectivity index (χ2n) is 9.94. The standard InChI is InChI=1S/C30H32FN3O5S/c1-21-18-34(22(2)20-35)40(37,38)29-13-11-23(10-12-25-8-4-5-9-26(25)31)15-27(29)39-28(21)19-33(3)30(36)16-24-7-6-14-32-17-24/h4-9,11,13-15,17,21-22,28,35H,16,18-20H2,1-3H3/t21-,22+,28+/m1/s1. The van der Waals surface area contributed by atoms with Gasteiger partial charge in [0.2, 0.25) is 15.9 Å².